The fraction of sp³-hybridized carbons (Fsp3) is 1.00. The minimum atomic E-state index is -1.71. The Morgan fingerprint density at radius 3 is 1.88 bits per heavy atom. The molecule has 2 aliphatic rings. The van der Waals surface area contributed by atoms with Gasteiger partial charge in [-0.25, -0.2) is 0 Å². The molecular weight excluding hydrogens is 330 g/mol. The van der Waals surface area contributed by atoms with Gasteiger partial charge in [-0.2, -0.15) is 0 Å². The van der Waals surface area contributed by atoms with Crippen LogP contribution < -0.4 is 5.73 Å². The summed E-state index contributed by atoms with van der Waals surface area (Å²) in [6.07, 6.45) is -14.6. The Hall–Kier alpha value is -0.440. The third-order valence-corrected chi connectivity index (χ3v) is 4.54. The number of ether oxygens (including phenoxy) is 3. The van der Waals surface area contributed by atoms with Gasteiger partial charge in [-0.1, -0.05) is 0 Å². The van der Waals surface area contributed by atoms with Crippen molar-refractivity contribution in [2.24, 2.45) is 5.73 Å². The molecule has 0 aromatic carbocycles. The molecule has 0 aromatic rings. The van der Waals surface area contributed by atoms with Crippen LogP contribution in [0.4, 0.5) is 0 Å². The van der Waals surface area contributed by atoms with Gasteiger partial charge in [0.1, 0.15) is 54.9 Å². The number of rotatable bonds is 4. The van der Waals surface area contributed by atoms with Gasteiger partial charge in [0.2, 0.25) is 0 Å². The van der Waals surface area contributed by atoms with E-state index in [9.17, 15) is 35.7 Å². The summed E-state index contributed by atoms with van der Waals surface area (Å²) in [5.41, 5.74) is 5.74. The monoisotopic (exact) mass is 355 g/mol. The maximum absolute atomic E-state index is 10.1. The summed E-state index contributed by atoms with van der Waals surface area (Å²) < 4.78 is 15.8. The van der Waals surface area contributed by atoms with Crippen molar-refractivity contribution >= 4 is 0 Å². The van der Waals surface area contributed by atoms with Crippen LogP contribution in [0.1, 0.15) is 0 Å². The molecule has 0 amide bonds. The zero-order valence-electron chi connectivity index (χ0n) is 13.0. The minimum Gasteiger partial charge on any atom is -0.394 e. The highest BCUT2D eigenvalue weighted by molar-refractivity contribution is 5.01. The molecule has 11 heteroatoms. The van der Waals surface area contributed by atoms with Gasteiger partial charge in [0.25, 0.3) is 0 Å². The van der Waals surface area contributed by atoms with E-state index in [2.05, 4.69) is 0 Å². The highest BCUT2D eigenvalue weighted by Gasteiger charge is 2.52. The van der Waals surface area contributed by atoms with E-state index in [0.717, 1.165) is 0 Å². The molecule has 1 heterocycles. The Morgan fingerprint density at radius 1 is 0.833 bits per heavy atom. The molecule has 2 fully saturated rings. The molecule has 1 saturated heterocycles. The second kappa shape index (κ2) is 7.85. The summed E-state index contributed by atoms with van der Waals surface area (Å²) in [6, 6.07) is -1.23. The SMILES string of the molecule is CO[C@@H]1[C@@H](O)[C@@H](O)[C@H](O)[C@H](O)[C@H]1O[C@@H]1O[C@H](CO)[C@H](O)[C@H](O)[C@H]1N. The molecule has 0 radical (unpaired) electrons. The van der Waals surface area contributed by atoms with E-state index in [1.54, 1.807) is 0 Å². The molecule has 1 aliphatic carbocycles. The average molecular weight is 355 g/mol. The van der Waals surface area contributed by atoms with Crippen molar-refractivity contribution in [3.63, 3.8) is 0 Å². The van der Waals surface area contributed by atoms with Crippen LogP contribution in [0, 0.1) is 0 Å². The van der Waals surface area contributed by atoms with Gasteiger partial charge >= 0.3 is 0 Å². The smallest absolute Gasteiger partial charge is 0.176 e. The van der Waals surface area contributed by atoms with Crippen LogP contribution in [0.3, 0.4) is 0 Å². The largest absolute Gasteiger partial charge is 0.394 e. The molecule has 1 saturated carbocycles. The summed E-state index contributed by atoms with van der Waals surface area (Å²) in [5, 5.41) is 68.4. The van der Waals surface area contributed by atoms with Gasteiger partial charge in [-0.05, 0) is 0 Å². The van der Waals surface area contributed by atoms with Crippen LogP contribution in [0.25, 0.3) is 0 Å². The first-order valence-corrected chi connectivity index (χ1v) is 7.53. The number of aliphatic hydroxyl groups excluding tert-OH is 7. The Bertz CT molecular complexity index is 412. The van der Waals surface area contributed by atoms with E-state index in [4.69, 9.17) is 19.9 Å². The van der Waals surface area contributed by atoms with Crippen molar-refractivity contribution < 1.29 is 50.0 Å². The first-order chi connectivity index (χ1) is 11.2. The van der Waals surface area contributed by atoms with Gasteiger partial charge in [0, 0.05) is 7.11 Å². The lowest BCUT2D eigenvalue weighted by Crippen LogP contribution is -2.68. The fourth-order valence-electron chi connectivity index (χ4n) is 2.99. The summed E-state index contributed by atoms with van der Waals surface area (Å²) >= 11 is 0. The summed E-state index contributed by atoms with van der Waals surface area (Å²) in [5.74, 6) is 0. The van der Waals surface area contributed by atoms with Crippen molar-refractivity contribution in [2.45, 2.75) is 67.3 Å². The van der Waals surface area contributed by atoms with Crippen LogP contribution in [-0.2, 0) is 14.2 Å². The Labute approximate surface area is 137 Å². The van der Waals surface area contributed by atoms with E-state index in [0.29, 0.717) is 0 Å². The quantitative estimate of drug-likeness (QED) is 0.240. The third-order valence-electron chi connectivity index (χ3n) is 4.54. The lowest BCUT2D eigenvalue weighted by atomic mass is 9.84. The summed E-state index contributed by atoms with van der Waals surface area (Å²) in [7, 11) is 1.21. The molecule has 9 N–H and O–H groups in total. The molecule has 142 valence electrons. The van der Waals surface area contributed by atoms with Crippen LogP contribution >= 0.6 is 0 Å². The van der Waals surface area contributed by atoms with Crippen molar-refractivity contribution in [3.8, 4) is 0 Å². The van der Waals surface area contributed by atoms with Crippen LogP contribution in [0.5, 0.6) is 0 Å². The fourth-order valence-corrected chi connectivity index (χ4v) is 2.99. The van der Waals surface area contributed by atoms with Gasteiger partial charge in [0.15, 0.2) is 6.29 Å². The second-order valence-corrected chi connectivity index (χ2v) is 6.05. The van der Waals surface area contributed by atoms with Crippen molar-refractivity contribution in [3.05, 3.63) is 0 Å². The van der Waals surface area contributed by atoms with E-state index in [-0.39, 0.29) is 0 Å². The molecule has 0 unspecified atom stereocenters. The molecule has 1 aliphatic heterocycles. The molecule has 2 rings (SSSR count). The van der Waals surface area contributed by atoms with Gasteiger partial charge in [-0.3, -0.25) is 0 Å². The zero-order chi connectivity index (χ0) is 18.2. The number of hydrogen-bond acceptors (Lipinski definition) is 11. The Balaban J connectivity index is 2.17. The van der Waals surface area contributed by atoms with Gasteiger partial charge in [0.05, 0.1) is 12.6 Å². The number of methoxy groups -OCH3 is 1. The van der Waals surface area contributed by atoms with Crippen LogP contribution in [0.2, 0.25) is 0 Å². The molecule has 0 aromatic heterocycles. The van der Waals surface area contributed by atoms with Crippen LogP contribution in [0.15, 0.2) is 0 Å². The van der Waals surface area contributed by atoms with E-state index in [1.807, 2.05) is 0 Å². The predicted molar refractivity (Wildman–Crippen MR) is 75.4 cm³/mol. The second-order valence-electron chi connectivity index (χ2n) is 6.05. The standard InChI is InChI=1S/C13H25NO10/c1-22-11-9(20)7(18)8(19)10(21)12(11)24-13-4(14)6(17)5(16)3(2-15)23-13/h3-13,15-21H,2,14H2,1H3/t3-,4-,5+,6-,7+,8+,9+,10+,11-,12-,13+/m1/s1. The average Bonchev–Trinajstić information content (AvgIpc) is 2.58. The van der Waals surface area contributed by atoms with E-state index >= 15 is 0 Å². The lowest BCUT2D eigenvalue weighted by molar-refractivity contribution is -0.318. The van der Waals surface area contributed by atoms with Crippen molar-refractivity contribution in [1.82, 2.24) is 0 Å². The number of nitrogens with two attached hydrogens (primary N) is 1. The van der Waals surface area contributed by atoms with Crippen molar-refractivity contribution in [1.29, 1.82) is 0 Å². The number of hydrogen-bond donors (Lipinski definition) is 8. The predicted octanol–water partition coefficient (Wildman–Crippen LogP) is -5.39. The summed E-state index contributed by atoms with van der Waals surface area (Å²) in [6.45, 7) is -0.615. The maximum atomic E-state index is 10.1. The maximum Gasteiger partial charge on any atom is 0.176 e. The lowest BCUT2D eigenvalue weighted by Gasteiger charge is -2.47. The summed E-state index contributed by atoms with van der Waals surface area (Å²) in [4.78, 5) is 0. The molecule has 11 atom stereocenters. The van der Waals surface area contributed by atoms with E-state index in [1.165, 1.54) is 7.11 Å². The highest BCUT2D eigenvalue weighted by Crippen LogP contribution is 2.29. The van der Waals surface area contributed by atoms with Gasteiger partial charge < -0.3 is 55.7 Å². The van der Waals surface area contributed by atoms with Crippen molar-refractivity contribution in [2.75, 3.05) is 13.7 Å². The first-order valence-electron chi connectivity index (χ1n) is 7.53. The minimum absolute atomic E-state index is 0.615. The molecule has 0 spiro atoms. The molecule has 0 bridgehead atoms. The normalized spacial score (nSPS) is 53.1. The highest BCUT2D eigenvalue weighted by atomic mass is 16.7. The zero-order valence-corrected chi connectivity index (χ0v) is 13.0. The third kappa shape index (κ3) is 3.43. The van der Waals surface area contributed by atoms with Gasteiger partial charge in [-0.15, -0.1) is 0 Å². The number of aliphatic hydroxyl groups is 7. The Kier molecular flexibility index (Phi) is 6.50. The first kappa shape index (κ1) is 19.9. The van der Waals surface area contributed by atoms with Crippen LogP contribution in [-0.4, -0.2) is 117 Å². The molecule has 11 nitrogen and oxygen atoms in total. The molecular formula is C13H25NO10. The topological polar surface area (TPSA) is 195 Å². The Morgan fingerprint density at radius 2 is 1.38 bits per heavy atom. The molecule has 24 heavy (non-hydrogen) atoms. The van der Waals surface area contributed by atoms with E-state index < -0.39 is 73.9 Å².